The van der Waals surface area contributed by atoms with Gasteiger partial charge >= 0.3 is 0 Å². The predicted molar refractivity (Wildman–Crippen MR) is 156 cm³/mol. The molecule has 1 saturated heterocycles. The first-order chi connectivity index (χ1) is 18.4. The van der Waals surface area contributed by atoms with Gasteiger partial charge in [-0.25, -0.2) is 8.42 Å². The summed E-state index contributed by atoms with van der Waals surface area (Å²) in [5, 5.41) is 10.4. The van der Waals surface area contributed by atoms with E-state index >= 15 is 0 Å². The van der Waals surface area contributed by atoms with Gasteiger partial charge in [0, 0.05) is 31.7 Å². The minimum Gasteiger partial charge on any atom is -0.392 e. The number of aliphatic hydroxyl groups excluding tert-OH is 1. The van der Waals surface area contributed by atoms with E-state index in [0.717, 1.165) is 17.7 Å². The number of β-amino-alcohol motifs (C(OH)–C–C–N with tert-alkyl or cyclic N) is 1. The van der Waals surface area contributed by atoms with Gasteiger partial charge in [0.25, 0.3) is 10.0 Å². The minimum absolute atomic E-state index is 0.0350. The molecule has 0 saturated carbocycles. The van der Waals surface area contributed by atoms with Crippen LogP contribution in [0.3, 0.4) is 0 Å². The number of likely N-dealkylation sites (N-methyl/N-ethyl adjacent to an activating group) is 1. The third-order valence-electron chi connectivity index (χ3n) is 7.25. The lowest BCUT2D eigenvalue weighted by Gasteiger charge is -2.32. The molecule has 9 heteroatoms. The van der Waals surface area contributed by atoms with Gasteiger partial charge in [-0.15, -0.1) is 0 Å². The summed E-state index contributed by atoms with van der Waals surface area (Å²) in [6.45, 7) is 7.41. The highest BCUT2D eigenvalue weighted by atomic mass is 35.5. The Morgan fingerprint density at radius 1 is 1.10 bits per heavy atom. The molecule has 1 aliphatic rings. The molecule has 0 bridgehead atoms. The van der Waals surface area contributed by atoms with E-state index in [1.165, 1.54) is 0 Å². The van der Waals surface area contributed by atoms with Gasteiger partial charge in [0.15, 0.2) is 0 Å². The normalized spacial score (nSPS) is 16.7. The van der Waals surface area contributed by atoms with Gasteiger partial charge in [0.2, 0.25) is 5.91 Å². The lowest BCUT2D eigenvalue weighted by molar-refractivity contribution is -0.131. The number of anilines is 1. The van der Waals surface area contributed by atoms with Crippen LogP contribution in [0.5, 0.6) is 0 Å². The van der Waals surface area contributed by atoms with Crippen LogP contribution in [0.2, 0.25) is 5.02 Å². The zero-order valence-electron chi connectivity index (χ0n) is 22.8. The molecule has 1 fully saturated rings. The van der Waals surface area contributed by atoms with E-state index < -0.39 is 10.0 Å². The number of aryl methyl sites for hydroxylation is 3. The van der Waals surface area contributed by atoms with Crippen LogP contribution in [0, 0.1) is 20.8 Å². The van der Waals surface area contributed by atoms with Gasteiger partial charge in [-0.3, -0.25) is 14.4 Å². The van der Waals surface area contributed by atoms with Crippen molar-refractivity contribution in [3.63, 3.8) is 0 Å². The number of rotatable bonds is 9. The molecule has 1 aliphatic heterocycles. The van der Waals surface area contributed by atoms with Crippen molar-refractivity contribution in [1.82, 2.24) is 9.80 Å². The Labute approximate surface area is 236 Å². The van der Waals surface area contributed by atoms with Crippen LogP contribution < -0.4 is 4.72 Å². The maximum atomic E-state index is 13.6. The fourth-order valence-electron chi connectivity index (χ4n) is 5.41. The second-order valence-corrected chi connectivity index (χ2v) is 12.5. The van der Waals surface area contributed by atoms with Crippen LogP contribution in [-0.4, -0.2) is 62.0 Å². The van der Waals surface area contributed by atoms with Crippen LogP contribution in [-0.2, 0) is 21.2 Å². The predicted octanol–water partition coefficient (Wildman–Crippen LogP) is 4.87. The summed E-state index contributed by atoms with van der Waals surface area (Å²) >= 11 is 6.29. The molecule has 3 aromatic rings. The number of aliphatic hydroxyl groups is 1. The first-order valence-corrected chi connectivity index (χ1v) is 14.9. The quantitative estimate of drug-likeness (QED) is 0.383. The number of benzene rings is 3. The standard InChI is InChI=1S/C30H36ClN3O4S/c1-20-14-21(2)30(22(3)15-20)39(37,38)32-27-11-10-25(31)16-24(27)17-29(36)33(4)28(23-8-6-5-7-9-23)19-34-13-12-26(35)18-34/h5-11,14-16,26,28,32,35H,12-13,17-19H2,1-4H3/t26-,28+/m0/s1. The Kier molecular flexibility index (Phi) is 9.01. The lowest BCUT2D eigenvalue weighted by atomic mass is 10.0. The van der Waals surface area contributed by atoms with E-state index in [1.807, 2.05) is 49.4 Å². The number of halogens is 1. The summed E-state index contributed by atoms with van der Waals surface area (Å²) in [6.07, 6.45) is 0.322. The van der Waals surface area contributed by atoms with Gasteiger partial charge in [0.05, 0.1) is 29.1 Å². The Bertz CT molecular complexity index is 1420. The van der Waals surface area contributed by atoms with Crippen molar-refractivity contribution in [3.8, 4) is 0 Å². The van der Waals surface area contributed by atoms with Crippen LogP contribution in [0.1, 0.15) is 40.3 Å². The summed E-state index contributed by atoms with van der Waals surface area (Å²) < 4.78 is 29.6. The average molecular weight is 570 g/mol. The number of carbonyl (C=O) groups excluding carboxylic acids is 1. The topological polar surface area (TPSA) is 90.0 Å². The first kappa shape index (κ1) is 29.1. The molecule has 208 valence electrons. The van der Waals surface area contributed by atoms with E-state index in [0.29, 0.717) is 46.9 Å². The molecule has 39 heavy (non-hydrogen) atoms. The SMILES string of the molecule is Cc1cc(C)c(S(=O)(=O)Nc2ccc(Cl)cc2CC(=O)N(C)[C@H](CN2CC[C@H](O)C2)c2ccccc2)c(C)c1. The molecule has 2 atom stereocenters. The van der Waals surface area contributed by atoms with Crippen molar-refractivity contribution >= 4 is 33.2 Å². The molecular weight excluding hydrogens is 534 g/mol. The minimum atomic E-state index is -3.91. The van der Waals surface area contributed by atoms with Crippen molar-refractivity contribution in [2.24, 2.45) is 0 Å². The van der Waals surface area contributed by atoms with Gasteiger partial charge in [-0.2, -0.15) is 0 Å². The van der Waals surface area contributed by atoms with Crippen LogP contribution in [0.4, 0.5) is 5.69 Å². The Morgan fingerprint density at radius 2 is 1.77 bits per heavy atom. The number of amides is 1. The fraction of sp³-hybridized carbons (Fsp3) is 0.367. The second kappa shape index (κ2) is 12.1. The Hall–Kier alpha value is -2.91. The van der Waals surface area contributed by atoms with Crippen molar-refractivity contribution in [2.75, 3.05) is 31.4 Å². The lowest BCUT2D eigenvalue weighted by Crippen LogP contribution is -2.39. The number of hydrogen-bond donors (Lipinski definition) is 2. The van der Waals surface area contributed by atoms with Crippen LogP contribution in [0.25, 0.3) is 0 Å². The number of sulfonamides is 1. The second-order valence-electron chi connectivity index (χ2n) is 10.4. The Balaban J connectivity index is 1.60. The van der Waals surface area contributed by atoms with Gasteiger partial charge < -0.3 is 10.0 Å². The molecule has 4 rings (SSSR count). The zero-order chi connectivity index (χ0) is 28.3. The largest absolute Gasteiger partial charge is 0.392 e. The van der Waals surface area contributed by atoms with Crippen LogP contribution in [0.15, 0.2) is 65.6 Å². The molecule has 7 nitrogen and oxygen atoms in total. The van der Waals surface area contributed by atoms with E-state index in [4.69, 9.17) is 11.6 Å². The van der Waals surface area contributed by atoms with Crippen molar-refractivity contribution in [2.45, 2.75) is 50.7 Å². The number of carbonyl (C=O) groups is 1. The zero-order valence-corrected chi connectivity index (χ0v) is 24.4. The van der Waals surface area contributed by atoms with E-state index in [2.05, 4.69) is 9.62 Å². The number of likely N-dealkylation sites (tertiary alicyclic amines) is 1. The monoisotopic (exact) mass is 569 g/mol. The maximum Gasteiger partial charge on any atom is 0.262 e. The highest BCUT2D eigenvalue weighted by Gasteiger charge is 2.29. The Morgan fingerprint density at radius 3 is 2.38 bits per heavy atom. The van der Waals surface area contributed by atoms with Gasteiger partial charge in [-0.1, -0.05) is 59.6 Å². The number of nitrogens with one attached hydrogen (secondary N) is 1. The first-order valence-electron chi connectivity index (χ1n) is 13.0. The van der Waals surface area contributed by atoms with Crippen molar-refractivity contribution in [1.29, 1.82) is 0 Å². The van der Waals surface area contributed by atoms with E-state index in [-0.39, 0.29) is 29.4 Å². The summed E-state index contributed by atoms with van der Waals surface area (Å²) in [7, 11) is -2.15. The molecule has 0 aliphatic carbocycles. The fourth-order valence-corrected chi connectivity index (χ4v) is 7.16. The number of hydrogen-bond acceptors (Lipinski definition) is 5. The maximum absolute atomic E-state index is 13.6. The molecule has 0 aromatic heterocycles. The molecule has 1 amide bonds. The molecule has 0 unspecified atom stereocenters. The highest BCUT2D eigenvalue weighted by Crippen LogP contribution is 2.29. The van der Waals surface area contributed by atoms with Crippen LogP contribution >= 0.6 is 11.6 Å². The number of nitrogens with zero attached hydrogens (tertiary/aromatic N) is 2. The van der Waals surface area contributed by atoms with E-state index in [1.54, 1.807) is 44.0 Å². The molecule has 3 aromatic carbocycles. The van der Waals surface area contributed by atoms with Gasteiger partial charge in [0.1, 0.15) is 0 Å². The smallest absolute Gasteiger partial charge is 0.262 e. The molecule has 0 spiro atoms. The third kappa shape index (κ3) is 7.00. The van der Waals surface area contributed by atoms with Gasteiger partial charge in [-0.05, 0) is 67.6 Å². The highest BCUT2D eigenvalue weighted by molar-refractivity contribution is 7.92. The summed E-state index contributed by atoms with van der Waals surface area (Å²) in [5.74, 6) is -0.172. The summed E-state index contributed by atoms with van der Waals surface area (Å²) in [4.78, 5) is 17.7. The average Bonchev–Trinajstić information content (AvgIpc) is 3.28. The third-order valence-corrected chi connectivity index (χ3v) is 9.16. The van der Waals surface area contributed by atoms with Crippen molar-refractivity contribution < 1.29 is 18.3 Å². The summed E-state index contributed by atoms with van der Waals surface area (Å²) in [6, 6.07) is 18.1. The molecule has 1 heterocycles. The summed E-state index contributed by atoms with van der Waals surface area (Å²) in [5.41, 5.74) is 4.11. The molecule has 2 N–H and O–H groups in total. The molecular formula is C30H36ClN3O4S. The van der Waals surface area contributed by atoms with Crippen molar-refractivity contribution in [3.05, 3.63) is 93.5 Å². The molecule has 0 radical (unpaired) electrons. The van der Waals surface area contributed by atoms with E-state index in [9.17, 15) is 18.3 Å².